The van der Waals surface area contributed by atoms with Crippen LogP contribution in [-0.4, -0.2) is 55.6 Å². The maximum Gasteiger partial charge on any atom is 0.262 e. The number of nitrogens with zero attached hydrogens (tertiary/aromatic N) is 3. The maximum absolute atomic E-state index is 13.4. The van der Waals surface area contributed by atoms with Gasteiger partial charge in [0.2, 0.25) is 0 Å². The molecular weight excluding hydrogens is 323 g/mol. The fourth-order valence-electron chi connectivity index (χ4n) is 2.58. The minimum absolute atomic E-state index is 0.0567. The molecule has 1 aliphatic rings. The number of ether oxygens (including phenoxy) is 1. The van der Waals surface area contributed by atoms with E-state index in [4.69, 9.17) is 4.74 Å². The van der Waals surface area contributed by atoms with Gasteiger partial charge < -0.3 is 19.9 Å². The average molecular weight is 344 g/mol. The summed E-state index contributed by atoms with van der Waals surface area (Å²) in [5.74, 6) is 0.0980. The van der Waals surface area contributed by atoms with E-state index in [9.17, 15) is 9.18 Å². The van der Waals surface area contributed by atoms with Crippen molar-refractivity contribution in [2.24, 2.45) is 0 Å². The maximum atomic E-state index is 13.4. The third-order valence-electron chi connectivity index (χ3n) is 4.05. The zero-order chi connectivity index (χ0) is 17.6. The van der Waals surface area contributed by atoms with Gasteiger partial charge in [0, 0.05) is 26.2 Å². The first-order valence-electron chi connectivity index (χ1n) is 8.18. The monoisotopic (exact) mass is 344 g/mol. The number of hydrogen-bond acceptors (Lipinski definition) is 5. The highest BCUT2D eigenvalue weighted by Gasteiger charge is 2.15. The molecule has 1 amide bonds. The molecule has 1 aromatic carbocycles. The number of rotatable bonds is 5. The molecule has 6 nitrogen and oxygen atoms in total. The molecule has 1 aliphatic heterocycles. The molecule has 7 heteroatoms. The number of benzene rings is 1. The minimum atomic E-state index is -0.492. The van der Waals surface area contributed by atoms with E-state index in [1.165, 1.54) is 12.1 Å². The topological polar surface area (TPSA) is 57.7 Å². The molecule has 0 atom stereocenters. The van der Waals surface area contributed by atoms with Crippen LogP contribution in [0.3, 0.4) is 0 Å². The Labute approximate surface area is 146 Å². The number of anilines is 2. The van der Waals surface area contributed by atoms with Gasteiger partial charge in [-0.15, -0.1) is 0 Å². The predicted molar refractivity (Wildman–Crippen MR) is 94.5 cm³/mol. The van der Waals surface area contributed by atoms with E-state index in [0.717, 1.165) is 32.0 Å². The number of pyridine rings is 1. The molecule has 0 aliphatic carbocycles. The summed E-state index contributed by atoms with van der Waals surface area (Å²) in [5, 5.41) is 2.69. The Bertz CT molecular complexity index is 715. The van der Waals surface area contributed by atoms with Crippen LogP contribution in [0.15, 0.2) is 42.6 Å². The highest BCUT2D eigenvalue weighted by Crippen LogP contribution is 2.17. The molecule has 25 heavy (non-hydrogen) atoms. The highest BCUT2D eigenvalue weighted by atomic mass is 19.1. The highest BCUT2D eigenvalue weighted by molar-refractivity contribution is 5.91. The number of aromatic nitrogens is 1. The Morgan fingerprint density at radius 3 is 2.64 bits per heavy atom. The first-order chi connectivity index (χ1) is 12.1. The molecule has 1 N–H and O–H groups in total. The molecule has 2 heterocycles. The molecule has 0 spiro atoms. The summed E-state index contributed by atoms with van der Waals surface area (Å²) in [4.78, 5) is 20.8. The van der Waals surface area contributed by atoms with Gasteiger partial charge in [0.25, 0.3) is 5.91 Å². The van der Waals surface area contributed by atoms with Crippen molar-refractivity contribution in [3.05, 3.63) is 48.4 Å². The Kier molecular flexibility index (Phi) is 5.45. The largest absolute Gasteiger partial charge is 0.481 e. The zero-order valence-corrected chi connectivity index (χ0v) is 14.1. The van der Waals surface area contributed by atoms with Crippen molar-refractivity contribution in [3.8, 4) is 5.75 Å². The van der Waals surface area contributed by atoms with E-state index in [-0.39, 0.29) is 18.3 Å². The standard InChI is InChI=1S/C18H21FN4O2/c1-22-8-10-23(11-9-22)17-7-6-14(12-20-17)21-18(24)13-25-16-5-3-2-4-15(16)19/h2-7,12H,8-11,13H2,1H3,(H,21,24). The summed E-state index contributed by atoms with van der Waals surface area (Å²) in [5.41, 5.74) is 0.583. The van der Waals surface area contributed by atoms with Crippen LogP contribution in [0, 0.1) is 5.82 Å². The smallest absolute Gasteiger partial charge is 0.262 e. The molecule has 0 radical (unpaired) electrons. The first kappa shape index (κ1) is 17.2. The van der Waals surface area contributed by atoms with E-state index < -0.39 is 5.82 Å². The van der Waals surface area contributed by atoms with Crippen molar-refractivity contribution in [1.82, 2.24) is 9.88 Å². The number of likely N-dealkylation sites (N-methyl/N-ethyl adjacent to an activating group) is 1. The van der Waals surface area contributed by atoms with Crippen molar-refractivity contribution in [2.75, 3.05) is 50.1 Å². The lowest BCUT2D eigenvalue weighted by Crippen LogP contribution is -2.44. The van der Waals surface area contributed by atoms with Gasteiger partial charge in [0.1, 0.15) is 5.82 Å². The first-order valence-corrected chi connectivity index (χ1v) is 8.18. The Hall–Kier alpha value is -2.67. The summed E-state index contributed by atoms with van der Waals surface area (Å²) in [7, 11) is 2.10. The molecule has 2 aromatic rings. The van der Waals surface area contributed by atoms with Crippen LogP contribution in [0.25, 0.3) is 0 Å². The second-order valence-corrected chi connectivity index (χ2v) is 5.96. The summed E-state index contributed by atoms with van der Waals surface area (Å²) in [6.45, 7) is 3.62. The van der Waals surface area contributed by atoms with Gasteiger partial charge in [0.15, 0.2) is 18.2 Å². The number of para-hydroxylation sites is 1. The quantitative estimate of drug-likeness (QED) is 0.899. The van der Waals surface area contributed by atoms with Gasteiger partial charge in [-0.2, -0.15) is 0 Å². The van der Waals surface area contributed by atoms with Crippen LogP contribution in [0.1, 0.15) is 0 Å². The molecule has 1 aromatic heterocycles. The second kappa shape index (κ2) is 7.94. The lowest BCUT2D eigenvalue weighted by atomic mass is 10.3. The SMILES string of the molecule is CN1CCN(c2ccc(NC(=O)COc3ccccc3F)cn2)CC1. The van der Waals surface area contributed by atoms with E-state index >= 15 is 0 Å². The van der Waals surface area contributed by atoms with Gasteiger partial charge >= 0.3 is 0 Å². The summed E-state index contributed by atoms with van der Waals surface area (Å²) < 4.78 is 18.6. The molecular formula is C18H21FN4O2. The van der Waals surface area contributed by atoms with Gasteiger partial charge in [-0.25, -0.2) is 9.37 Å². The number of carbonyl (C=O) groups excluding carboxylic acids is 1. The van der Waals surface area contributed by atoms with Crippen LogP contribution in [0.4, 0.5) is 15.9 Å². The average Bonchev–Trinajstić information content (AvgIpc) is 2.62. The molecule has 1 fully saturated rings. The van der Waals surface area contributed by atoms with E-state index in [1.54, 1.807) is 18.3 Å². The number of carbonyl (C=O) groups is 1. The normalized spacial score (nSPS) is 15.0. The van der Waals surface area contributed by atoms with Gasteiger partial charge in [-0.05, 0) is 31.3 Å². The fourth-order valence-corrected chi connectivity index (χ4v) is 2.58. The third kappa shape index (κ3) is 4.67. The number of nitrogens with one attached hydrogen (secondary N) is 1. The van der Waals surface area contributed by atoms with Gasteiger partial charge in [-0.1, -0.05) is 12.1 Å². The lowest BCUT2D eigenvalue weighted by Gasteiger charge is -2.33. The summed E-state index contributed by atoms with van der Waals surface area (Å²) in [6, 6.07) is 9.68. The van der Waals surface area contributed by atoms with Crippen LogP contribution in [0.5, 0.6) is 5.75 Å². The van der Waals surface area contributed by atoms with Crippen molar-refractivity contribution >= 4 is 17.4 Å². The zero-order valence-electron chi connectivity index (χ0n) is 14.1. The lowest BCUT2D eigenvalue weighted by molar-refractivity contribution is -0.118. The van der Waals surface area contributed by atoms with Crippen molar-refractivity contribution in [3.63, 3.8) is 0 Å². The molecule has 0 saturated carbocycles. The molecule has 132 valence electrons. The molecule has 1 saturated heterocycles. The van der Waals surface area contributed by atoms with E-state index in [1.807, 2.05) is 12.1 Å². The fraction of sp³-hybridized carbons (Fsp3) is 0.333. The van der Waals surface area contributed by atoms with E-state index in [0.29, 0.717) is 5.69 Å². The van der Waals surface area contributed by atoms with Crippen LogP contribution in [0.2, 0.25) is 0 Å². The van der Waals surface area contributed by atoms with Crippen LogP contribution in [-0.2, 0) is 4.79 Å². The number of hydrogen-bond donors (Lipinski definition) is 1. The van der Waals surface area contributed by atoms with Crippen LogP contribution >= 0.6 is 0 Å². The van der Waals surface area contributed by atoms with Crippen molar-refractivity contribution < 1.29 is 13.9 Å². The molecule has 0 unspecified atom stereocenters. The predicted octanol–water partition coefficient (Wildman–Crippen LogP) is 1.99. The van der Waals surface area contributed by atoms with E-state index in [2.05, 4.69) is 27.1 Å². The molecule has 3 rings (SSSR count). The van der Waals surface area contributed by atoms with Crippen molar-refractivity contribution in [1.29, 1.82) is 0 Å². The third-order valence-corrected chi connectivity index (χ3v) is 4.05. The minimum Gasteiger partial charge on any atom is -0.481 e. The second-order valence-electron chi connectivity index (χ2n) is 5.96. The van der Waals surface area contributed by atoms with Gasteiger partial charge in [-0.3, -0.25) is 4.79 Å². The Morgan fingerprint density at radius 1 is 1.20 bits per heavy atom. The van der Waals surface area contributed by atoms with Gasteiger partial charge in [0.05, 0.1) is 11.9 Å². The Morgan fingerprint density at radius 2 is 1.96 bits per heavy atom. The number of amides is 1. The number of halogens is 1. The number of piperazine rings is 1. The van der Waals surface area contributed by atoms with Crippen LogP contribution < -0.4 is 15.0 Å². The Balaban J connectivity index is 1.51. The summed E-state index contributed by atoms with van der Waals surface area (Å²) >= 11 is 0. The van der Waals surface area contributed by atoms with Crippen molar-refractivity contribution in [2.45, 2.75) is 0 Å². The molecule has 0 bridgehead atoms. The summed E-state index contributed by atoms with van der Waals surface area (Å²) in [6.07, 6.45) is 1.62.